The second-order valence-electron chi connectivity index (χ2n) is 7.41. The normalized spacial score (nSPS) is 23.3. The molecule has 2 aromatic rings. The molecule has 3 aliphatic rings. The zero-order valence-electron chi connectivity index (χ0n) is 15.4. The van der Waals surface area contributed by atoms with Gasteiger partial charge in [-0.2, -0.15) is 4.31 Å². The number of H-pyrrole nitrogens is 1. The molecule has 8 nitrogen and oxygen atoms in total. The van der Waals surface area contributed by atoms with Gasteiger partial charge in [0.2, 0.25) is 15.9 Å². The molecule has 0 bridgehead atoms. The van der Waals surface area contributed by atoms with Crippen LogP contribution in [0, 0.1) is 5.82 Å². The fraction of sp³-hybridized carbons (Fsp3) is 0.368. The van der Waals surface area contributed by atoms with Crippen LogP contribution in [0.5, 0.6) is 0 Å². The fourth-order valence-corrected chi connectivity index (χ4v) is 6.31. The van der Waals surface area contributed by atoms with Crippen molar-refractivity contribution in [1.82, 2.24) is 19.8 Å². The number of aromatic amines is 1. The summed E-state index contributed by atoms with van der Waals surface area (Å²) in [4.78, 5) is 11.8. The van der Waals surface area contributed by atoms with E-state index < -0.39 is 15.8 Å². The average Bonchev–Trinajstić information content (AvgIpc) is 3.40. The number of aryl methyl sites for hydroxylation is 1. The highest BCUT2D eigenvalue weighted by molar-refractivity contribution is 7.93. The second-order valence-corrected chi connectivity index (χ2v) is 9.33. The first-order valence-corrected chi connectivity index (χ1v) is 10.9. The SMILES string of the molecule is O=c1[nH]nc(C2=C(CCc3ccc(F)cc3)NC3=C(C2)S(=O)(=O)N2CCC[C@@H]32)o1. The topological polar surface area (TPSA) is 108 Å². The van der Waals surface area contributed by atoms with Gasteiger partial charge in [-0.05, 0) is 43.4 Å². The maximum absolute atomic E-state index is 13.2. The first kappa shape index (κ1) is 18.3. The Kier molecular flexibility index (Phi) is 4.21. The van der Waals surface area contributed by atoms with Gasteiger partial charge in [-0.3, -0.25) is 0 Å². The molecule has 1 fully saturated rings. The van der Waals surface area contributed by atoms with Gasteiger partial charge in [0.25, 0.3) is 0 Å². The fourth-order valence-electron chi connectivity index (χ4n) is 4.32. The van der Waals surface area contributed by atoms with Crippen molar-refractivity contribution in [3.8, 4) is 0 Å². The van der Waals surface area contributed by atoms with E-state index in [9.17, 15) is 17.6 Å². The number of allylic oxidation sites excluding steroid dienone is 3. The summed E-state index contributed by atoms with van der Waals surface area (Å²) >= 11 is 0. The van der Waals surface area contributed by atoms with Gasteiger partial charge in [0.1, 0.15) is 5.82 Å². The van der Waals surface area contributed by atoms with E-state index in [-0.39, 0.29) is 24.2 Å². The van der Waals surface area contributed by atoms with E-state index in [1.807, 2.05) is 0 Å². The summed E-state index contributed by atoms with van der Waals surface area (Å²) in [5.41, 5.74) is 2.99. The molecule has 0 saturated carbocycles. The maximum Gasteiger partial charge on any atom is 0.434 e. The van der Waals surface area contributed by atoms with E-state index in [2.05, 4.69) is 15.5 Å². The van der Waals surface area contributed by atoms with E-state index in [4.69, 9.17) is 4.42 Å². The standard InChI is InChI=1S/C19H19FN4O4S/c20-12-6-3-11(4-7-12)5-8-14-13(18-22-23-19(25)28-18)10-16-17(21-14)15-2-1-9-24(15)29(16,26)27/h3-4,6-7,15,21H,1-2,5,8-10H2,(H,23,25)/t15-/m0/s1. The molecule has 0 radical (unpaired) electrons. The Labute approximate surface area is 166 Å². The zero-order chi connectivity index (χ0) is 20.2. The number of sulfonamides is 1. The van der Waals surface area contributed by atoms with Gasteiger partial charge in [0.15, 0.2) is 0 Å². The van der Waals surface area contributed by atoms with Gasteiger partial charge in [-0.25, -0.2) is 22.7 Å². The Balaban J connectivity index is 1.50. The number of aromatic nitrogens is 2. The Morgan fingerprint density at radius 2 is 2.03 bits per heavy atom. The van der Waals surface area contributed by atoms with Crippen molar-refractivity contribution < 1.29 is 17.2 Å². The van der Waals surface area contributed by atoms with Crippen LogP contribution in [0.1, 0.15) is 37.1 Å². The lowest BCUT2D eigenvalue weighted by atomic mass is 9.97. The minimum Gasteiger partial charge on any atom is -0.388 e. The predicted octanol–water partition coefficient (Wildman–Crippen LogP) is 1.86. The lowest BCUT2D eigenvalue weighted by Gasteiger charge is -2.24. The average molecular weight is 418 g/mol. The summed E-state index contributed by atoms with van der Waals surface area (Å²) in [6.45, 7) is 0.513. The molecule has 1 atom stereocenters. The summed E-state index contributed by atoms with van der Waals surface area (Å²) in [6, 6.07) is 6.09. The van der Waals surface area contributed by atoms with E-state index >= 15 is 0 Å². The van der Waals surface area contributed by atoms with Crippen LogP contribution in [-0.4, -0.2) is 35.5 Å². The number of nitrogens with one attached hydrogen (secondary N) is 2. The molecular formula is C19H19FN4O4S. The maximum atomic E-state index is 13.2. The molecule has 0 spiro atoms. The highest BCUT2D eigenvalue weighted by atomic mass is 32.2. The van der Waals surface area contributed by atoms with Crippen LogP contribution in [0.3, 0.4) is 0 Å². The number of fused-ring (bicyclic) bond motifs is 2. The molecule has 29 heavy (non-hydrogen) atoms. The van der Waals surface area contributed by atoms with E-state index in [0.717, 1.165) is 29.8 Å². The van der Waals surface area contributed by atoms with E-state index in [1.54, 1.807) is 16.4 Å². The van der Waals surface area contributed by atoms with Crippen LogP contribution >= 0.6 is 0 Å². The molecule has 0 unspecified atom stereocenters. The van der Waals surface area contributed by atoms with Crippen molar-refractivity contribution in [2.24, 2.45) is 0 Å². The van der Waals surface area contributed by atoms with Crippen LogP contribution in [0.2, 0.25) is 0 Å². The minimum atomic E-state index is -3.54. The molecule has 0 amide bonds. The lowest BCUT2D eigenvalue weighted by molar-refractivity contribution is 0.432. The van der Waals surface area contributed by atoms with Gasteiger partial charge >= 0.3 is 5.76 Å². The third kappa shape index (κ3) is 3.03. The molecular weight excluding hydrogens is 399 g/mol. The van der Waals surface area contributed by atoms with Gasteiger partial charge in [0, 0.05) is 29.9 Å². The summed E-state index contributed by atoms with van der Waals surface area (Å²) in [5, 5.41) is 9.47. The number of hydrogen-bond acceptors (Lipinski definition) is 6. The number of halogens is 1. The number of hydrogen-bond donors (Lipinski definition) is 2. The highest BCUT2D eigenvalue weighted by Crippen LogP contribution is 2.45. The summed E-state index contributed by atoms with van der Waals surface area (Å²) in [6.07, 6.45) is 2.90. The molecule has 1 aromatic carbocycles. The van der Waals surface area contributed by atoms with Crippen LogP contribution in [0.25, 0.3) is 5.57 Å². The Bertz CT molecular complexity index is 1190. The quantitative estimate of drug-likeness (QED) is 0.785. The molecule has 10 heteroatoms. The first-order valence-electron chi connectivity index (χ1n) is 9.48. The van der Waals surface area contributed by atoms with Crippen molar-refractivity contribution in [1.29, 1.82) is 0 Å². The van der Waals surface area contributed by atoms with Gasteiger partial charge in [-0.15, -0.1) is 5.10 Å². The number of benzene rings is 1. The summed E-state index contributed by atoms with van der Waals surface area (Å²) in [7, 11) is -3.54. The first-order chi connectivity index (χ1) is 13.9. The summed E-state index contributed by atoms with van der Waals surface area (Å²) < 4.78 is 45.8. The van der Waals surface area contributed by atoms with Crippen LogP contribution < -0.4 is 11.1 Å². The highest BCUT2D eigenvalue weighted by Gasteiger charge is 2.49. The summed E-state index contributed by atoms with van der Waals surface area (Å²) in [5.74, 6) is -0.902. The molecule has 2 N–H and O–H groups in total. The molecule has 3 aliphatic heterocycles. The predicted molar refractivity (Wildman–Crippen MR) is 102 cm³/mol. The molecule has 152 valence electrons. The monoisotopic (exact) mass is 418 g/mol. The van der Waals surface area contributed by atoms with Crippen molar-refractivity contribution in [3.05, 3.63) is 68.4 Å². The largest absolute Gasteiger partial charge is 0.434 e. The zero-order valence-corrected chi connectivity index (χ0v) is 16.3. The number of nitrogens with zero attached hydrogens (tertiary/aromatic N) is 2. The molecule has 4 heterocycles. The van der Waals surface area contributed by atoms with E-state index in [1.165, 1.54) is 12.1 Å². The molecule has 1 saturated heterocycles. The Morgan fingerprint density at radius 3 is 2.76 bits per heavy atom. The minimum absolute atomic E-state index is 0.0883. The van der Waals surface area contributed by atoms with Crippen molar-refractivity contribution in [3.63, 3.8) is 0 Å². The smallest absolute Gasteiger partial charge is 0.388 e. The van der Waals surface area contributed by atoms with Crippen molar-refractivity contribution in [2.45, 2.75) is 38.1 Å². The Morgan fingerprint density at radius 1 is 1.24 bits per heavy atom. The van der Waals surface area contributed by atoms with Crippen molar-refractivity contribution in [2.75, 3.05) is 6.54 Å². The number of rotatable bonds is 4. The van der Waals surface area contributed by atoms with Crippen LogP contribution in [0.15, 0.2) is 49.8 Å². The van der Waals surface area contributed by atoms with Gasteiger partial charge < -0.3 is 9.73 Å². The van der Waals surface area contributed by atoms with Crippen LogP contribution in [-0.2, 0) is 16.4 Å². The second kappa shape index (κ2) is 6.67. The van der Waals surface area contributed by atoms with Gasteiger partial charge in [-0.1, -0.05) is 12.1 Å². The molecule has 5 rings (SSSR count). The number of dihydropyridines is 1. The van der Waals surface area contributed by atoms with Crippen molar-refractivity contribution >= 4 is 15.6 Å². The Hall–Kier alpha value is -2.72. The van der Waals surface area contributed by atoms with Gasteiger partial charge in [0.05, 0.1) is 10.9 Å². The van der Waals surface area contributed by atoms with E-state index in [0.29, 0.717) is 29.9 Å². The molecule has 0 aliphatic carbocycles. The third-order valence-electron chi connectivity index (χ3n) is 5.72. The molecule has 1 aromatic heterocycles. The third-order valence-corrected chi connectivity index (χ3v) is 7.76. The van der Waals surface area contributed by atoms with Crippen LogP contribution in [0.4, 0.5) is 4.39 Å². The lowest BCUT2D eigenvalue weighted by Crippen LogP contribution is -2.32.